The monoisotopic (exact) mass is 481 g/mol. The summed E-state index contributed by atoms with van der Waals surface area (Å²) in [4.78, 5) is 24.2. The van der Waals surface area contributed by atoms with Crippen molar-refractivity contribution in [1.29, 1.82) is 0 Å². The zero-order chi connectivity index (χ0) is 23.2. The van der Waals surface area contributed by atoms with Crippen molar-refractivity contribution in [2.45, 2.75) is 25.4 Å². The molecular weight excluding hydrogens is 450 g/mol. The first-order valence-electron chi connectivity index (χ1n) is 10.5. The minimum Gasteiger partial charge on any atom is -0.497 e. The highest BCUT2D eigenvalue weighted by Crippen LogP contribution is 2.17. The summed E-state index contributed by atoms with van der Waals surface area (Å²) in [6.07, 6.45) is 1.46. The van der Waals surface area contributed by atoms with Crippen LogP contribution in [0, 0.1) is 0 Å². The van der Waals surface area contributed by atoms with Gasteiger partial charge in [0.25, 0.3) is 0 Å². The van der Waals surface area contributed by atoms with Crippen molar-refractivity contribution in [3.8, 4) is 5.75 Å². The molecule has 1 heterocycles. The topological polar surface area (TPSA) is 120 Å². The van der Waals surface area contributed by atoms with E-state index in [9.17, 15) is 14.7 Å². The van der Waals surface area contributed by atoms with Crippen LogP contribution >= 0.6 is 12.4 Å². The fourth-order valence-electron chi connectivity index (χ4n) is 3.21. The van der Waals surface area contributed by atoms with Gasteiger partial charge in [0.05, 0.1) is 13.7 Å². The molecule has 0 spiro atoms. The predicted molar refractivity (Wildman–Crippen MR) is 130 cm³/mol. The predicted octanol–water partition coefficient (Wildman–Crippen LogP) is 4.29. The average molecular weight is 482 g/mol. The van der Waals surface area contributed by atoms with Crippen molar-refractivity contribution in [2.75, 3.05) is 44.0 Å². The molecule has 3 rings (SSSR count). The van der Waals surface area contributed by atoms with Gasteiger partial charge in [0.1, 0.15) is 11.9 Å². The minimum absolute atomic E-state index is 0. The van der Waals surface area contributed by atoms with E-state index in [4.69, 9.17) is 14.6 Å². The molecule has 0 saturated carbocycles. The van der Waals surface area contributed by atoms with E-state index < -0.39 is 18.3 Å². The summed E-state index contributed by atoms with van der Waals surface area (Å²) in [5.74, 6) is 0.657. The van der Waals surface area contributed by atoms with E-state index in [0.717, 1.165) is 25.9 Å². The number of methoxy groups -OCH3 is 1. The number of nitrogens with one attached hydrogen (secondary N) is 2. The number of halogens is 1. The van der Waals surface area contributed by atoms with E-state index in [2.05, 4.69) is 15.5 Å². The Bertz CT molecular complexity index is 834. The molecule has 1 atom stereocenters. The molecule has 1 aliphatic rings. The van der Waals surface area contributed by atoms with E-state index in [0.29, 0.717) is 23.7 Å². The number of aliphatic hydroxyl groups excluding tert-OH is 1. The molecule has 0 bridgehead atoms. The largest absolute Gasteiger partial charge is 0.497 e. The number of nitrogens with zero attached hydrogens (tertiary/aromatic N) is 1. The highest BCUT2D eigenvalue weighted by Gasteiger charge is 2.19. The van der Waals surface area contributed by atoms with E-state index in [-0.39, 0.29) is 19.0 Å². The molecule has 2 aromatic rings. The van der Waals surface area contributed by atoms with Crippen molar-refractivity contribution in [3.05, 3.63) is 54.6 Å². The van der Waals surface area contributed by atoms with Gasteiger partial charge in [-0.05, 0) is 50.2 Å². The number of para-hydroxylation sites is 1. The average Bonchev–Trinajstić information content (AvgIpc) is 2.80. The fourth-order valence-corrected chi connectivity index (χ4v) is 3.21. The lowest BCUT2D eigenvalue weighted by molar-refractivity contribution is 0.0366. The zero-order valence-corrected chi connectivity index (χ0v) is 19.4. The number of ether oxygens (including phenoxy) is 2. The second kappa shape index (κ2) is 15.7. The summed E-state index contributed by atoms with van der Waals surface area (Å²) < 4.78 is 10.4. The first-order chi connectivity index (χ1) is 15.5. The summed E-state index contributed by atoms with van der Waals surface area (Å²) in [7, 11) is 1.57. The quantitative estimate of drug-likeness (QED) is 0.465. The summed E-state index contributed by atoms with van der Waals surface area (Å²) in [6, 6.07) is 15.8. The Morgan fingerprint density at radius 3 is 2.27 bits per heavy atom. The summed E-state index contributed by atoms with van der Waals surface area (Å²) in [5.41, 5.74) is 1.19. The zero-order valence-electron chi connectivity index (χ0n) is 18.6. The van der Waals surface area contributed by atoms with Crippen LogP contribution in [0.2, 0.25) is 0 Å². The van der Waals surface area contributed by atoms with Crippen LogP contribution in [0.4, 0.5) is 21.0 Å². The van der Waals surface area contributed by atoms with E-state index in [1.807, 2.05) is 6.07 Å². The lowest BCUT2D eigenvalue weighted by atomic mass is 10.1. The highest BCUT2D eigenvalue weighted by molar-refractivity contribution is 5.85. The van der Waals surface area contributed by atoms with Gasteiger partial charge in [-0.25, -0.2) is 9.59 Å². The molecule has 0 aliphatic carbocycles. The number of amides is 2. The van der Waals surface area contributed by atoms with Crippen LogP contribution in [0.1, 0.15) is 19.3 Å². The second-order valence-corrected chi connectivity index (χ2v) is 7.22. The number of aliphatic hydroxyl groups is 1. The Hall–Kier alpha value is -3.01. The Morgan fingerprint density at radius 2 is 1.67 bits per heavy atom. The maximum Gasteiger partial charge on any atom is 0.412 e. The molecule has 182 valence electrons. The molecule has 2 aromatic carbocycles. The Kier molecular flexibility index (Phi) is 13.4. The van der Waals surface area contributed by atoms with Gasteiger partial charge in [-0.2, -0.15) is 0 Å². The third kappa shape index (κ3) is 11.4. The van der Waals surface area contributed by atoms with Gasteiger partial charge < -0.3 is 19.7 Å². The van der Waals surface area contributed by atoms with Crippen LogP contribution in [0.15, 0.2) is 54.6 Å². The van der Waals surface area contributed by atoms with E-state index >= 15 is 0 Å². The van der Waals surface area contributed by atoms with E-state index in [1.165, 1.54) is 6.42 Å². The smallest absolute Gasteiger partial charge is 0.412 e. The van der Waals surface area contributed by atoms with Crippen LogP contribution in [0.3, 0.4) is 0 Å². The van der Waals surface area contributed by atoms with Gasteiger partial charge in [0, 0.05) is 24.0 Å². The number of likely N-dealkylation sites (tertiary alicyclic amines) is 1. The normalized spacial score (nSPS) is 13.9. The molecule has 1 fully saturated rings. The van der Waals surface area contributed by atoms with Crippen LogP contribution in [-0.4, -0.2) is 66.8 Å². The lowest BCUT2D eigenvalue weighted by Crippen LogP contribution is -2.40. The lowest BCUT2D eigenvalue weighted by Gasteiger charge is -2.29. The van der Waals surface area contributed by atoms with Gasteiger partial charge >= 0.3 is 12.2 Å². The summed E-state index contributed by atoms with van der Waals surface area (Å²) in [6.45, 7) is 2.39. The van der Waals surface area contributed by atoms with Crippen molar-refractivity contribution in [1.82, 2.24) is 4.90 Å². The van der Waals surface area contributed by atoms with Crippen molar-refractivity contribution >= 4 is 36.0 Å². The Morgan fingerprint density at radius 1 is 1.00 bits per heavy atom. The van der Waals surface area contributed by atoms with Gasteiger partial charge in [0.2, 0.25) is 0 Å². The number of carboxylic acid groups (broad SMARTS) is 1. The van der Waals surface area contributed by atoms with Gasteiger partial charge in [-0.15, -0.1) is 12.4 Å². The van der Waals surface area contributed by atoms with Crippen molar-refractivity contribution < 1.29 is 29.3 Å². The number of rotatable bonds is 7. The van der Waals surface area contributed by atoms with Crippen molar-refractivity contribution in [2.24, 2.45) is 0 Å². The third-order valence-electron chi connectivity index (χ3n) is 4.73. The standard InChI is InChI=1S/C16H24N2O4.C7H7NO2.ClH/c1-21-14-7-5-6-13(10-14)17-16(20)22-15(12-19)11-18-8-3-2-4-9-18;9-7(10)8-6-4-2-1-3-5-6;/h5-7,10,15,19H,2-4,8-9,11-12H2,1H3,(H,17,20);1-5,8H,(H,9,10);1H. The Labute approximate surface area is 200 Å². The molecule has 1 unspecified atom stereocenters. The molecule has 0 aromatic heterocycles. The van der Waals surface area contributed by atoms with Crippen LogP contribution in [-0.2, 0) is 4.74 Å². The van der Waals surface area contributed by atoms with Gasteiger partial charge in [0.15, 0.2) is 0 Å². The third-order valence-corrected chi connectivity index (χ3v) is 4.73. The number of hydrogen-bond donors (Lipinski definition) is 4. The first-order valence-corrected chi connectivity index (χ1v) is 10.5. The molecule has 1 aliphatic heterocycles. The Balaban J connectivity index is 0.000000417. The molecule has 9 nitrogen and oxygen atoms in total. The number of anilines is 2. The minimum atomic E-state index is -1.04. The van der Waals surface area contributed by atoms with Crippen LogP contribution < -0.4 is 15.4 Å². The molecule has 4 N–H and O–H groups in total. The van der Waals surface area contributed by atoms with E-state index in [1.54, 1.807) is 55.6 Å². The number of carbonyl (C=O) groups excluding carboxylic acids is 1. The second-order valence-electron chi connectivity index (χ2n) is 7.22. The molecule has 2 amide bonds. The fraction of sp³-hybridized carbons (Fsp3) is 0.391. The maximum atomic E-state index is 11.9. The SMILES string of the molecule is COc1cccc(NC(=O)OC(CO)CN2CCCCC2)c1.Cl.O=C(O)Nc1ccccc1. The molecular formula is C23H32ClN3O6. The molecule has 1 saturated heterocycles. The summed E-state index contributed by atoms with van der Waals surface area (Å²) >= 11 is 0. The highest BCUT2D eigenvalue weighted by atomic mass is 35.5. The molecule has 10 heteroatoms. The van der Waals surface area contributed by atoms with Gasteiger partial charge in [-0.1, -0.05) is 30.7 Å². The van der Waals surface area contributed by atoms with Crippen LogP contribution in [0.5, 0.6) is 5.75 Å². The molecule has 33 heavy (non-hydrogen) atoms. The number of piperidine rings is 1. The molecule has 0 radical (unpaired) electrons. The van der Waals surface area contributed by atoms with Crippen molar-refractivity contribution in [3.63, 3.8) is 0 Å². The number of carbonyl (C=O) groups is 2. The maximum absolute atomic E-state index is 11.9. The summed E-state index contributed by atoms with van der Waals surface area (Å²) in [5, 5.41) is 22.5. The number of benzene rings is 2. The van der Waals surface area contributed by atoms with Gasteiger partial charge in [-0.3, -0.25) is 15.5 Å². The van der Waals surface area contributed by atoms with Crippen LogP contribution in [0.25, 0.3) is 0 Å². The first kappa shape index (κ1) is 28.0. The number of hydrogen-bond acceptors (Lipinski definition) is 6.